The molecule has 0 saturated carbocycles. The summed E-state index contributed by atoms with van der Waals surface area (Å²) in [6, 6.07) is 13.1. The van der Waals surface area contributed by atoms with Crippen LogP contribution in [-0.2, 0) is 4.74 Å². The Labute approximate surface area is 184 Å². The summed E-state index contributed by atoms with van der Waals surface area (Å²) in [4.78, 5) is 22.8. The van der Waals surface area contributed by atoms with E-state index < -0.39 is 5.97 Å². The van der Waals surface area contributed by atoms with Crippen molar-refractivity contribution in [2.24, 2.45) is 0 Å². The van der Waals surface area contributed by atoms with E-state index in [0.717, 1.165) is 30.7 Å². The largest absolute Gasteiger partial charge is 0.465 e. The summed E-state index contributed by atoms with van der Waals surface area (Å²) in [6.45, 7) is 2.07. The van der Waals surface area contributed by atoms with E-state index in [0.29, 0.717) is 22.1 Å². The first-order valence-electron chi connectivity index (χ1n) is 8.63. The highest BCUT2D eigenvalue weighted by atomic mass is 79.9. The zero-order valence-corrected chi connectivity index (χ0v) is 18.7. The van der Waals surface area contributed by atoms with Crippen LogP contribution >= 0.6 is 38.9 Å². The number of aryl methyl sites for hydroxylation is 1. The summed E-state index contributed by atoms with van der Waals surface area (Å²) in [5.41, 5.74) is 3.12. The molecule has 5 nitrogen and oxygen atoms in total. The maximum atomic E-state index is 11.9. The molecule has 0 aliphatic carbocycles. The molecule has 0 aliphatic rings. The van der Waals surface area contributed by atoms with Crippen molar-refractivity contribution >= 4 is 66.6 Å². The van der Waals surface area contributed by atoms with Crippen LogP contribution < -0.4 is 5.32 Å². The van der Waals surface area contributed by atoms with E-state index >= 15 is 0 Å². The molecule has 0 atom stereocenters. The number of esters is 1. The van der Waals surface area contributed by atoms with Gasteiger partial charge in [-0.15, -0.1) is 11.3 Å². The Balaban J connectivity index is 1.85. The average molecular weight is 489 g/mol. The number of hydrogen-bond acceptors (Lipinski definition) is 6. The Hall–Kier alpha value is -2.48. The lowest BCUT2D eigenvalue weighted by Crippen LogP contribution is -2.03. The van der Waals surface area contributed by atoms with Crippen LogP contribution in [-0.4, -0.2) is 23.0 Å². The maximum Gasteiger partial charge on any atom is 0.337 e. The van der Waals surface area contributed by atoms with Gasteiger partial charge in [-0.1, -0.05) is 39.7 Å². The average Bonchev–Trinajstić information content (AvgIpc) is 3.06. The van der Waals surface area contributed by atoms with Crippen molar-refractivity contribution in [3.05, 3.63) is 68.7 Å². The van der Waals surface area contributed by atoms with Crippen molar-refractivity contribution < 1.29 is 9.53 Å². The molecule has 0 aliphatic heterocycles. The minimum absolute atomic E-state index is 0.402. The Morgan fingerprint density at radius 1 is 1.17 bits per heavy atom. The fourth-order valence-corrected chi connectivity index (χ4v) is 4.54. The third-order valence-electron chi connectivity index (χ3n) is 4.44. The lowest BCUT2D eigenvalue weighted by atomic mass is 10.0. The van der Waals surface area contributed by atoms with E-state index in [2.05, 4.69) is 50.3 Å². The molecule has 0 saturated heterocycles. The lowest BCUT2D eigenvalue weighted by molar-refractivity contribution is 0.0601. The van der Waals surface area contributed by atoms with E-state index in [1.807, 2.05) is 12.1 Å². The molecule has 0 fully saturated rings. The molecule has 29 heavy (non-hydrogen) atoms. The van der Waals surface area contributed by atoms with Crippen LogP contribution in [0.25, 0.3) is 21.3 Å². The zero-order chi connectivity index (χ0) is 20.5. The van der Waals surface area contributed by atoms with E-state index in [-0.39, 0.29) is 0 Å². The number of nitrogens with zero attached hydrogens (tertiary/aromatic N) is 2. The molecule has 4 aromatic rings. The standard InChI is InChI=1S/C21H15BrClN3O2S/c1-11-17(12-3-6-14(22)7-4-12)18-19(24-10-25-20(18)29-11)26-16-9-13(21(27)28-2)5-8-15(16)23/h3-10H,1-2H3,(H,24,25,26). The Bertz CT molecular complexity index is 1220. The molecule has 0 unspecified atom stereocenters. The van der Waals surface area contributed by atoms with E-state index in [1.54, 1.807) is 29.5 Å². The van der Waals surface area contributed by atoms with Crippen molar-refractivity contribution in [3.8, 4) is 11.1 Å². The lowest BCUT2D eigenvalue weighted by Gasteiger charge is -2.11. The van der Waals surface area contributed by atoms with Crippen molar-refractivity contribution in [1.82, 2.24) is 9.97 Å². The molecule has 1 N–H and O–H groups in total. The number of benzene rings is 2. The summed E-state index contributed by atoms with van der Waals surface area (Å²) in [7, 11) is 1.34. The molecule has 0 radical (unpaired) electrons. The molecule has 0 amide bonds. The van der Waals surface area contributed by atoms with Gasteiger partial charge in [0.2, 0.25) is 0 Å². The molecule has 2 heterocycles. The number of nitrogens with one attached hydrogen (secondary N) is 1. The molecule has 146 valence electrons. The molecule has 8 heteroatoms. The van der Waals surface area contributed by atoms with E-state index in [1.165, 1.54) is 13.4 Å². The zero-order valence-electron chi connectivity index (χ0n) is 15.5. The number of hydrogen-bond donors (Lipinski definition) is 1. The number of halogens is 2. The maximum absolute atomic E-state index is 11.9. The van der Waals surface area contributed by atoms with Gasteiger partial charge < -0.3 is 10.1 Å². The van der Waals surface area contributed by atoms with Gasteiger partial charge in [0.25, 0.3) is 0 Å². The molecular weight excluding hydrogens is 474 g/mol. The minimum atomic E-state index is -0.431. The normalized spacial score (nSPS) is 10.9. The fraction of sp³-hybridized carbons (Fsp3) is 0.0952. The Morgan fingerprint density at radius 3 is 2.66 bits per heavy atom. The first-order valence-corrected chi connectivity index (χ1v) is 10.6. The number of thiophene rings is 1. The van der Waals surface area contributed by atoms with Crippen LogP contribution in [0.3, 0.4) is 0 Å². The monoisotopic (exact) mass is 487 g/mol. The molecule has 0 spiro atoms. The number of methoxy groups -OCH3 is 1. The number of aromatic nitrogens is 2. The third kappa shape index (κ3) is 3.85. The van der Waals surface area contributed by atoms with Gasteiger partial charge in [-0.05, 0) is 42.8 Å². The quantitative estimate of drug-likeness (QED) is 0.327. The van der Waals surface area contributed by atoms with Crippen LogP contribution in [0.2, 0.25) is 5.02 Å². The van der Waals surface area contributed by atoms with Gasteiger partial charge in [0.05, 0.1) is 28.8 Å². The minimum Gasteiger partial charge on any atom is -0.465 e. The van der Waals surface area contributed by atoms with Gasteiger partial charge in [-0.25, -0.2) is 14.8 Å². The summed E-state index contributed by atoms with van der Waals surface area (Å²) in [5, 5.41) is 4.66. The van der Waals surface area contributed by atoms with Gasteiger partial charge in [-0.2, -0.15) is 0 Å². The second kappa shape index (κ2) is 8.10. The highest BCUT2D eigenvalue weighted by Crippen LogP contribution is 2.41. The summed E-state index contributed by atoms with van der Waals surface area (Å²) in [6.07, 6.45) is 1.52. The number of fused-ring (bicyclic) bond motifs is 1. The third-order valence-corrected chi connectivity index (χ3v) is 6.31. The van der Waals surface area contributed by atoms with Crippen LogP contribution in [0, 0.1) is 6.92 Å². The van der Waals surface area contributed by atoms with Gasteiger partial charge in [0.1, 0.15) is 17.0 Å². The van der Waals surface area contributed by atoms with Crippen LogP contribution in [0.15, 0.2) is 53.3 Å². The molecule has 4 rings (SSSR count). The number of rotatable bonds is 4. The SMILES string of the molecule is COC(=O)c1ccc(Cl)c(Nc2ncnc3sc(C)c(-c4ccc(Br)cc4)c23)c1. The summed E-state index contributed by atoms with van der Waals surface area (Å²) < 4.78 is 5.82. The molecular formula is C21H15BrClN3O2S. The first-order chi connectivity index (χ1) is 14.0. The molecule has 2 aromatic heterocycles. The summed E-state index contributed by atoms with van der Waals surface area (Å²) >= 11 is 11.5. The first kappa shape index (κ1) is 19.8. The second-order valence-corrected chi connectivity index (χ2v) is 8.78. The van der Waals surface area contributed by atoms with E-state index in [9.17, 15) is 4.79 Å². The van der Waals surface area contributed by atoms with Gasteiger partial charge in [0, 0.05) is 14.9 Å². The highest BCUT2D eigenvalue weighted by molar-refractivity contribution is 9.10. The number of anilines is 2. The predicted octanol–water partition coefficient (Wildman–Crippen LogP) is 6.61. The van der Waals surface area contributed by atoms with Crippen molar-refractivity contribution in [1.29, 1.82) is 0 Å². The topological polar surface area (TPSA) is 64.1 Å². The van der Waals surface area contributed by atoms with Crippen molar-refractivity contribution in [2.75, 3.05) is 12.4 Å². The summed E-state index contributed by atoms with van der Waals surface area (Å²) in [5.74, 6) is 0.195. The van der Waals surface area contributed by atoms with Gasteiger partial charge >= 0.3 is 5.97 Å². The fourth-order valence-electron chi connectivity index (χ4n) is 3.10. The second-order valence-electron chi connectivity index (χ2n) is 6.25. The van der Waals surface area contributed by atoms with Crippen LogP contribution in [0.1, 0.15) is 15.2 Å². The van der Waals surface area contributed by atoms with Crippen molar-refractivity contribution in [3.63, 3.8) is 0 Å². The van der Waals surface area contributed by atoms with Crippen LogP contribution in [0.4, 0.5) is 11.5 Å². The highest BCUT2D eigenvalue weighted by Gasteiger charge is 2.18. The smallest absolute Gasteiger partial charge is 0.337 e. The number of carbonyl (C=O) groups is 1. The van der Waals surface area contributed by atoms with Gasteiger partial charge in [0.15, 0.2) is 0 Å². The Morgan fingerprint density at radius 2 is 1.93 bits per heavy atom. The predicted molar refractivity (Wildman–Crippen MR) is 121 cm³/mol. The molecule has 0 bridgehead atoms. The van der Waals surface area contributed by atoms with Crippen molar-refractivity contribution in [2.45, 2.75) is 6.92 Å². The molecule has 2 aromatic carbocycles. The van der Waals surface area contributed by atoms with E-state index in [4.69, 9.17) is 16.3 Å². The number of carbonyl (C=O) groups excluding carboxylic acids is 1. The van der Waals surface area contributed by atoms with Gasteiger partial charge in [-0.3, -0.25) is 0 Å². The Kier molecular flexibility index (Phi) is 5.54. The number of ether oxygens (including phenoxy) is 1. The van der Waals surface area contributed by atoms with Crippen LogP contribution in [0.5, 0.6) is 0 Å².